The van der Waals surface area contributed by atoms with Crippen LogP contribution in [0.4, 0.5) is 15.8 Å². The third-order valence-electron chi connectivity index (χ3n) is 7.32. The lowest BCUT2D eigenvalue weighted by molar-refractivity contribution is -0.118. The molecule has 0 spiro atoms. The smallest absolute Gasteiger partial charge is 0.258 e. The quantitative estimate of drug-likeness (QED) is 0.238. The van der Waals surface area contributed by atoms with E-state index in [1.165, 1.54) is 29.8 Å². The Morgan fingerprint density at radius 3 is 2.26 bits per heavy atom. The molecule has 6 heteroatoms. The molecule has 5 rings (SSSR count). The summed E-state index contributed by atoms with van der Waals surface area (Å²) in [6, 6.07) is 30.5. The first kappa shape index (κ1) is 26.6. The van der Waals surface area contributed by atoms with Crippen LogP contribution in [0.15, 0.2) is 103 Å². The Bertz CT molecular complexity index is 1440. The van der Waals surface area contributed by atoms with E-state index in [9.17, 15) is 14.0 Å². The Labute approximate surface area is 233 Å². The number of carbonyl (C=O) groups excluding carboxylic acids is 2. The molecule has 1 heterocycles. The summed E-state index contributed by atoms with van der Waals surface area (Å²) in [6.07, 6.45) is 2.38. The molecule has 0 N–H and O–H groups in total. The molecule has 0 radical (unpaired) electrons. The standard InChI is InChI=1S/C33H30ClFN2O2/c1-2-32(38)36(27-20-15-25(34)16-21-27)31-22-28(19-12-23-8-4-3-5-9-23)37(30-11-7-6-10-29(30)31)33(39)24-13-17-26(35)18-14-24/h3-11,13-18,20-21,28,31H,2,12,19,22H2,1H3/t28?,31-/m0/s1. The lowest BCUT2D eigenvalue weighted by Crippen LogP contribution is -2.49. The van der Waals surface area contributed by atoms with Crippen molar-refractivity contribution >= 4 is 34.8 Å². The third-order valence-corrected chi connectivity index (χ3v) is 7.57. The van der Waals surface area contributed by atoms with Gasteiger partial charge < -0.3 is 9.80 Å². The van der Waals surface area contributed by atoms with Crippen LogP contribution in [0.3, 0.4) is 0 Å². The number of anilines is 2. The monoisotopic (exact) mass is 540 g/mol. The molecule has 39 heavy (non-hydrogen) atoms. The topological polar surface area (TPSA) is 40.6 Å². The van der Waals surface area contributed by atoms with Gasteiger partial charge in [-0.1, -0.05) is 67.1 Å². The van der Waals surface area contributed by atoms with Crippen molar-refractivity contribution in [3.8, 4) is 0 Å². The van der Waals surface area contributed by atoms with E-state index in [-0.39, 0.29) is 29.7 Å². The van der Waals surface area contributed by atoms with E-state index in [1.807, 2.05) is 71.3 Å². The molecule has 1 aliphatic heterocycles. The molecule has 0 aliphatic carbocycles. The van der Waals surface area contributed by atoms with Gasteiger partial charge >= 0.3 is 0 Å². The van der Waals surface area contributed by atoms with E-state index >= 15 is 0 Å². The Balaban J connectivity index is 1.60. The SMILES string of the molecule is CCC(=O)N(c1ccc(Cl)cc1)[C@H]1CC(CCc2ccccc2)N(C(=O)c2ccc(F)cc2)c2ccccc21. The summed E-state index contributed by atoms with van der Waals surface area (Å²) in [5, 5.41) is 0.600. The number of para-hydroxylation sites is 1. The van der Waals surface area contributed by atoms with Crippen molar-refractivity contribution in [1.29, 1.82) is 0 Å². The van der Waals surface area contributed by atoms with Gasteiger partial charge in [0.25, 0.3) is 5.91 Å². The highest BCUT2D eigenvalue weighted by molar-refractivity contribution is 6.30. The van der Waals surface area contributed by atoms with Gasteiger partial charge in [0.15, 0.2) is 0 Å². The number of hydrogen-bond acceptors (Lipinski definition) is 2. The van der Waals surface area contributed by atoms with Crippen LogP contribution in [0.25, 0.3) is 0 Å². The molecule has 198 valence electrons. The van der Waals surface area contributed by atoms with Gasteiger partial charge in [-0.2, -0.15) is 0 Å². The Hall–Kier alpha value is -3.96. The highest BCUT2D eigenvalue weighted by Gasteiger charge is 2.40. The number of carbonyl (C=O) groups is 2. The average molecular weight is 541 g/mol. The first-order chi connectivity index (χ1) is 19.0. The van der Waals surface area contributed by atoms with Gasteiger partial charge in [-0.25, -0.2) is 4.39 Å². The van der Waals surface area contributed by atoms with Gasteiger partial charge in [0.2, 0.25) is 5.91 Å². The average Bonchev–Trinajstić information content (AvgIpc) is 2.97. The maximum absolute atomic E-state index is 14.0. The van der Waals surface area contributed by atoms with E-state index in [1.54, 1.807) is 12.1 Å². The predicted octanol–water partition coefficient (Wildman–Crippen LogP) is 8.02. The van der Waals surface area contributed by atoms with Gasteiger partial charge in [0.1, 0.15) is 5.82 Å². The number of nitrogens with zero attached hydrogens (tertiary/aromatic N) is 2. The minimum absolute atomic E-state index is 0.00255. The number of halogens is 2. The summed E-state index contributed by atoms with van der Waals surface area (Å²) in [5.74, 6) is -0.570. The van der Waals surface area contributed by atoms with E-state index in [2.05, 4.69) is 12.1 Å². The van der Waals surface area contributed by atoms with Crippen LogP contribution in [0.5, 0.6) is 0 Å². The number of fused-ring (bicyclic) bond motifs is 1. The molecule has 4 aromatic rings. The molecule has 0 saturated carbocycles. The number of hydrogen-bond donors (Lipinski definition) is 0. The molecule has 1 aliphatic rings. The Morgan fingerprint density at radius 1 is 0.897 bits per heavy atom. The minimum Gasteiger partial charge on any atom is -0.305 e. The van der Waals surface area contributed by atoms with Crippen molar-refractivity contribution in [2.45, 2.75) is 44.7 Å². The van der Waals surface area contributed by atoms with Crippen LogP contribution in [-0.2, 0) is 11.2 Å². The van der Waals surface area contributed by atoms with E-state index < -0.39 is 0 Å². The van der Waals surface area contributed by atoms with Gasteiger partial charge in [0, 0.05) is 34.4 Å². The Kier molecular flexibility index (Phi) is 8.08. The zero-order valence-corrected chi connectivity index (χ0v) is 22.5. The fourth-order valence-electron chi connectivity index (χ4n) is 5.42. The Morgan fingerprint density at radius 2 is 1.56 bits per heavy atom. The van der Waals surface area contributed by atoms with Crippen LogP contribution in [0.2, 0.25) is 5.02 Å². The minimum atomic E-state index is -0.386. The zero-order chi connectivity index (χ0) is 27.4. The first-order valence-corrected chi connectivity index (χ1v) is 13.6. The predicted molar refractivity (Wildman–Crippen MR) is 155 cm³/mol. The van der Waals surface area contributed by atoms with Crippen LogP contribution < -0.4 is 9.80 Å². The maximum atomic E-state index is 14.0. The number of rotatable bonds is 7. The van der Waals surface area contributed by atoms with Crippen LogP contribution in [0, 0.1) is 5.82 Å². The third kappa shape index (κ3) is 5.74. The molecular formula is C33H30ClFN2O2. The molecule has 2 atom stereocenters. The lowest BCUT2D eigenvalue weighted by Gasteiger charge is -2.45. The molecular weight excluding hydrogens is 511 g/mol. The molecule has 1 unspecified atom stereocenters. The number of benzene rings is 4. The van der Waals surface area contributed by atoms with Gasteiger partial charge in [-0.05, 0) is 85.0 Å². The zero-order valence-electron chi connectivity index (χ0n) is 21.8. The number of amides is 2. The van der Waals surface area contributed by atoms with Crippen molar-refractivity contribution in [3.05, 3.63) is 131 Å². The van der Waals surface area contributed by atoms with Crippen molar-refractivity contribution in [1.82, 2.24) is 0 Å². The molecule has 0 aromatic heterocycles. The van der Waals surface area contributed by atoms with E-state index in [4.69, 9.17) is 11.6 Å². The first-order valence-electron chi connectivity index (χ1n) is 13.3. The summed E-state index contributed by atoms with van der Waals surface area (Å²) in [5.41, 5.74) is 4.05. The second-order valence-corrected chi connectivity index (χ2v) is 10.2. The molecule has 0 fully saturated rings. The molecule has 0 saturated heterocycles. The van der Waals surface area contributed by atoms with Crippen molar-refractivity contribution in [2.24, 2.45) is 0 Å². The summed E-state index contributed by atoms with van der Waals surface area (Å²) >= 11 is 6.17. The molecule has 4 aromatic carbocycles. The largest absolute Gasteiger partial charge is 0.305 e. The van der Waals surface area contributed by atoms with Crippen molar-refractivity contribution < 1.29 is 14.0 Å². The molecule has 2 amide bonds. The maximum Gasteiger partial charge on any atom is 0.258 e. The highest BCUT2D eigenvalue weighted by Crippen LogP contribution is 2.44. The second-order valence-electron chi connectivity index (χ2n) is 9.76. The summed E-state index contributed by atoms with van der Waals surface area (Å²) < 4.78 is 13.7. The second kappa shape index (κ2) is 11.8. The molecule has 0 bridgehead atoms. The van der Waals surface area contributed by atoms with Crippen molar-refractivity contribution in [3.63, 3.8) is 0 Å². The van der Waals surface area contributed by atoms with Gasteiger partial charge in [0.05, 0.1) is 6.04 Å². The summed E-state index contributed by atoms with van der Waals surface area (Å²) in [6.45, 7) is 1.86. The van der Waals surface area contributed by atoms with Crippen LogP contribution in [0.1, 0.15) is 53.7 Å². The van der Waals surface area contributed by atoms with E-state index in [0.717, 1.165) is 23.4 Å². The van der Waals surface area contributed by atoms with E-state index in [0.29, 0.717) is 29.8 Å². The fourth-order valence-corrected chi connectivity index (χ4v) is 5.55. The van der Waals surface area contributed by atoms with Gasteiger partial charge in [-0.3, -0.25) is 9.59 Å². The van der Waals surface area contributed by atoms with Gasteiger partial charge in [-0.15, -0.1) is 0 Å². The summed E-state index contributed by atoms with van der Waals surface area (Å²) in [7, 11) is 0. The van der Waals surface area contributed by atoms with Crippen LogP contribution >= 0.6 is 11.6 Å². The molecule has 4 nitrogen and oxygen atoms in total. The lowest BCUT2D eigenvalue weighted by atomic mass is 9.86. The van der Waals surface area contributed by atoms with Crippen molar-refractivity contribution in [2.75, 3.05) is 9.80 Å². The van der Waals surface area contributed by atoms with Crippen LogP contribution in [-0.4, -0.2) is 17.9 Å². The number of aryl methyl sites for hydroxylation is 1. The fraction of sp³-hybridized carbons (Fsp3) is 0.212. The normalized spacial score (nSPS) is 16.4. The summed E-state index contributed by atoms with van der Waals surface area (Å²) in [4.78, 5) is 31.1. The highest BCUT2D eigenvalue weighted by atomic mass is 35.5.